The van der Waals surface area contributed by atoms with Crippen LogP contribution in [0.15, 0.2) is 0 Å². The van der Waals surface area contributed by atoms with E-state index in [4.69, 9.17) is 4.21 Å². The molecule has 4 nitrogen and oxygen atoms in total. The van der Waals surface area contributed by atoms with Gasteiger partial charge in [-0.25, -0.2) is 0 Å². The van der Waals surface area contributed by atoms with E-state index in [0.717, 1.165) is 0 Å². The normalized spacial score (nSPS) is 4.75. The Morgan fingerprint density at radius 1 is 0.750 bits per heavy atom. The summed E-state index contributed by atoms with van der Waals surface area (Å²) in [6.45, 7) is 0. The number of hydrogen-bond donors (Lipinski definition) is 3. The van der Waals surface area contributed by atoms with E-state index in [0.29, 0.717) is 0 Å². The van der Waals surface area contributed by atoms with E-state index >= 15 is 0 Å². The number of thiocarbonyl (C=S) groups is 3. The first kappa shape index (κ1) is 36.0. The van der Waals surface area contributed by atoms with Crippen LogP contribution >= 0.6 is 36.7 Å². The standard InChI is InChI=1S/3CH3NS2.Al.Mo.OS/c3*2-1(3)4;;;1-2/h3*(H3,2,3,4);;;/q;;;+3;;/p-3. The van der Waals surface area contributed by atoms with E-state index in [1.807, 2.05) is 0 Å². The van der Waals surface area contributed by atoms with Crippen molar-refractivity contribution in [3.8, 4) is 0 Å². The predicted molar refractivity (Wildman–Crippen MR) is 86.3 cm³/mol. The van der Waals surface area contributed by atoms with Crippen LogP contribution in [-0.2, 0) is 71.5 Å². The maximum absolute atomic E-state index is 7.83. The molecule has 13 heteroatoms. The van der Waals surface area contributed by atoms with Crippen molar-refractivity contribution in [1.82, 2.24) is 0 Å². The van der Waals surface area contributed by atoms with Crippen molar-refractivity contribution in [3.05, 3.63) is 0 Å². The molecule has 0 aromatic heterocycles. The van der Waals surface area contributed by atoms with Gasteiger partial charge in [0.05, 0.1) is 0 Å². The van der Waals surface area contributed by atoms with Gasteiger partial charge in [-0.15, -0.1) is 0 Å². The van der Waals surface area contributed by atoms with Crippen molar-refractivity contribution in [3.63, 3.8) is 0 Å². The molecule has 0 aromatic carbocycles. The minimum absolute atomic E-state index is 0. The van der Waals surface area contributed by atoms with Gasteiger partial charge >= 0.3 is 17.4 Å². The van der Waals surface area contributed by atoms with Crippen LogP contribution in [0.25, 0.3) is 0 Å². The monoisotopic (exact) mass is 449 g/mol. The quantitative estimate of drug-likeness (QED) is 0.233. The fourth-order valence-corrected chi connectivity index (χ4v) is 0. The van der Waals surface area contributed by atoms with Crippen molar-refractivity contribution >= 4 is 117 Å². The Morgan fingerprint density at radius 3 is 0.750 bits per heavy atom. The molecule has 0 saturated heterocycles. The van der Waals surface area contributed by atoms with Gasteiger partial charge in [0, 0.05) is 21.1 Å². The Hall–Kier alpha value is 1.57. The van der Waals surface area contributed by atoms with E-state index in [1.54, 1.807) is 0 Å². The van der Waals surface area contributed by atoms with Crippen LogP contribution in [0.5, 0.6) is 0 Å². The maximum atomic E-state index is 7.83. The molecule has 0 fully saturated rings. The van der Waals surface area contributed by atoms with Crippen LogP contribution < -0.4 is 17.2 Å². The summed E-state index contributed by atoms with van der Waals surface area (Å²) in [5, 5.41) is 0. The minimum Gasteiger partial charge on any atom is -0.415 e. The van der Waals surface area contributed by atoms with Gasteiger partial charge in [-0.2, -0.15) is 4.21 Å². The molecule has 0 bridgehead atoms. The third kappa shape index (κ3) is 1340. The summed E-state index contributed by atoms with van der Waals surface area (Å²) in [6.07, 6.45) is 0. The minimum atomic E-state index is 0. The van der Waals surface area contributed by atoms with E-state index in [9.17, 15) is 0 Å². The molecule has 0 spiro atoms. The van der Waals surface area contributed by atoms with Gasteiger partial charge in [0.15, 0.2) is 12.5 Å². The molecule has 0 aromatic rings. The molecule has 0 amide bonds. The van der Waals surface area contributed by atoms with Crippen LogP contribution in [-0.4, -0.2) is 34.5 Å². The van der Waals surface area contributed by atoms with Crippen LogP contribution in [0.3, 0.4) is 0 Å². The van der Waals surface area contributed by atoms with Gasteiger partial charge in [-0.1, -0.05) is 13.0 Å². The zero-order chi connectivity index (χ0) is 12.7. The molecule has 0 aliphatic heterocycles. The van der Waals surface area contributed by atoms with E-state index in [2.05, 4.69) is 104 Å². The third-order valence-corrected chi connectivity index (χ3v) is 0. The van der Waals surface area contributed by atoms with Crippen LogP contribution in [0.1, 0.15) is 0 Å². The molecule has 0 unspecified atom stereocenters. The first-order chi connectivity index (χ1) is 6.20. The zero-order valence-corrected chi connectivity index (χ0v) is 16.4. The average Bonchev–Trinajstić information content (AvgIpc) is 1.86. The zero-order valence-electron chi connectivity index (χ0n) is 7.48. The largest absolute Gasteiger partial charge is 3.00 e. The topological polar surface area (TPSA) is 95.1 Å². The molecular weight excluding hydrogens is 441 g/mol. The summed E-state index contributed by atoms with van der Waals surface area (Å²) < 4.78 is 8.08. The average molecular weight is 447 g/mol. The van der Waals surface area contributed by atoms with Crippen LogP contribution in [0.4, 0.5) is 0 Å². The van der Waals surface area contributed by atoms with Crippen molar-refractivity contribution in [1.29, 1.82) is 0 Å². The molecule has 6 N–H and O–H groups in total. The Balaban J connectivity index is -0.0000000205. The molecule has 0 radical (unpaired) electrons. The molecule has 0 atom stereocenters. The fraction of sp³-hybridized carbons (Fsp3) is 0. The molecule has 0 saturated carbocycles. The first-order valence-electron chi connectivity index (χ1n) is 2.26. The summed E-state index contributed by atoms with van der Waals surface area (Å²) in [5.74, 6) is 0. The van der Waals surface area contributed by atoms with Crippen molar-refractivity contribution < 1.29 is 25.3 Å². The Morgan fingerprint density at radius 2 is 0.750 bits per heavy atom. The van der Waals surface area contributed by atoms with E-state index < -0.39 is 0 Å². The number of nitrogens with two attached hydrogens (primary N) is 3. The molecular formula is C3H6AlMoN3OS7. The van der Waals surface area contributed by atoms with Crippen molar-refractivity contribution in [2.45, 2.75) is 0 Å². The smallest absolute Gasteiger partial charge is 0.415 e. The van der Waals surface area contributed by atoms with E-state index in [1.165, 1.54) is 0 Å². The summed E-state index contributed by atoms with van der Waals surface area (Å²) >= 11 is 27.6. The van der Waals surface area contributed by atoms with Gasteiger partial charge in [-0.3, -0.25) is 0 Å². The van der Waals surface area contributed by atoms with Gasteiger partial charge in [-0.05, 0) is 0 Å². The molecule has 16 heavy (non-hydrogen) atoms. The second-order valence-corrected chi connectivity index (χ2v) is 4.37. The molecule has 0 heterocycles. The number of hydrogen-bond acceptors (Lipinski definition) is 8. The van der Waals surface area contributed by atoms with Gasteiger partial charge in [0.25, 0.3) is 0 Å². The predicted octanol–water partition coefficient (Wildman–Crippen LogP) is -1.39. The Labute approximate surface area is 158 Å². The SMILES string of the molecule is NC(=S)[S-].NC(=S)[S-].NC(=S)[S-].O=S.[Al+3].[Mo]. The number of rotatable bonds is 0. The summed E-state index contributed by atoms with van der Waals surface area (Å²) in [5.41, 5.74) is 14.0. The molecule has 0 rings (SSSR count). The second kappa shape index (κ2) is 36.0. The van der Waals surface area contributed by atoms with Crippen LogP contribution in [0.2, 0.25) is 0 Å². The Kier molecular flexibility index (Phi) is 81.0. The molecule has 0 aliphatic carbocycles. The van der Waals surface area contributed by atoms with Crippen LogP contribution in [0, 0.1) is 0 Å². The van der Waals surface area contributed by atoms with Crippen molar-refractivity contribution in [2.24, 2.45) is 17.2 Å². The summed E-state index contributed by atoms with van der Waals surface area (Å²) in [7, 11) is 0. The maximum Gasteiger partial charge on any atom is 3.00 e. The van der Waals surface area contributed by atoms with Gasteiger partial charge < -0.3 is 91.7 Å². The van der Waals surface area contributed by atoms with Gasteiger partial charge in [0.1, 0.15) is 0 Å². The molecule has 0 aliphatic rings. The van der Waals surface area contributed by atoms with Gasteiger partial charge in [0.2, 0.25) is 0 Å². The molecule has 90 valence electrons. The second-order valence-electron chi connectivity index (χ2n) is 0.957. The van der Waals surface area contributed by atoms with Crippen molar-refractivity contribution in [2.75, 3.05) is 0 Å². The Bertz CT molecular complexity index is 144. The third-order valence-electron chi connectivity index (χ3n) is 0. The summed E-state index contributed by atoms with van der Waals surface area (Å²) in [4.78, 5) is 0. The first-order valence-corrected chi connectivity index (χ1v) is 5.04. The fourth-order valence-electron chi connectivity index (χ4n) is 0. The summed E-state index contributed by atoms with van der Waals surface area (Å²) in [6, 6.07) is 0. The van der Waals surface area contributed by atoms with E-state index in [-0.39, 0.29) is 51.4 Å².